The Morgan fingerprint density at radius 1 is 0.293 bits per heavy atom. The lowest BCUT2D eigenvalue weighted by Gasteiger charge is -2.28. The molecule has 0 bridgehead atoms. The van der Waals surface area contributed by atoms with Crippen molar-refractivity contribution in [2.45, 2.75) is 19.3 Å². The fourth-order valence-corrected chi connectivity index (χ4v) is 9.53. The molecule has 1 nitrogen and oxygen atoms in total. The first-order chi connectivity index (χ1) is 28.5. The summed E-state index contributed by atoms with van der Waals surface area (Å²) in [4.78, 5) is 2.43. The molecule has 0 spiro atoms. The van der Waals surface area contributed by atoms with Crippen LogP contribution in [0.4, 0.5) is 17.1 Å². The van der Waals surface area contributed by atoms with Crippen molar-refractivity contribution in [3.05, 3.63) is 223 Å². The maximum Gasteiger partial charge on any atom is 0.0467 e. The van der Waals surface area contributed by atoms with Crippen LogP contribution in [0.3, 0.4) is 0 Å². The van der Waals surface area contributed by atoms with E-state index < -0.39 is 0 Å². The van der Waals surface area contributed by atoms with Crippen molar-refractivity contribution in [3.63, 3.8) is 0 Å². The molecule has 274 valence electrons. The minimum Gasteiger partial charge on any atom is -0.310 e. The molecule has 0 N–H and O–H groups in total. The molecule has 0 saturated heterocycles. The molecule has 10 aromatic rings. The summed E-state index contributed by atoms with van der Waals surface area (Å²) in [5, 5.41) is 7.61. The second kappa shape index (κ2) is 13.5. The molecular weight excluding hydrogens is 699 g/mol. The summed E-state index contributed by atoms with van der Waals surface area (Å²) in [7, 11) is 0. The summed E-state index contributed by atoms with van der Waals surface area (Å²) in [6.45, 7) is 4.72. The molecule has 0 saturated carbocycles. The Morgan fingerprint density at radius 2 is 0.862 bits per heavy atom. The zero-order valence-corrected chi connectivity index (χ0v) is 32.7. The molecule has 0 heterocycles. The Morgan fingerprint density at radius 3 is 1.71 bits per heavy atom. The van der Waals surface area contributed by atoms with E-state index in [1.807, 2.05) is 0 Å². The second-order valence-corrected chi connectivity index (χ2v) is 16.1. The van der Waals surface area contributed by atoms with Crippen LogP contribution < -0.4 is 4.90 Å². The quantitative estimate of drug-likeness (QED) is 0.154. The van der Waals surface area contributed by atoms with Gasteiger partial charge in [-0.25, -0.2) is 0 Å². The highest BCUT2D eigenvalue weighted by molar-refractivity contribution is 6.13. The second-order valence-electron chi connectivity index (χ2n) is 16.1. The van der Waals surface area contributed by atoms with Crippen LogP contribution in [-0.4, -0.2) is 0 Å². The van der Waals surface area contributed by atoms with Gasteiger partial charge < -0.3 is 4.90 Å². The number of fused-ring (bicyclic) bond motifs is 7. The van der Waals surface area contributed by atoms with E-state index in [0.717, 1.165) is 17.1 Å². The molecule has 0 amide bonds. The molecule has 0 unspecified atom stereocenters. The van der Waals surface area contributed by atoms with Crippen LogP contribution in [0.2, 0.25) is 0 Å². The van der Waals surface area contributed by atoms with Gasteiger partial charge in [-0.3, -0.25) is 0 Å². The normalized spacial score (nSPS) is 12.8. The van der Waals surface area contributed by atoms with Gasteiger partial charge >= 0.3 is 0 Å². The van der Waals surface area contributed by atoms with Crippen molar-refractivity contribution in [2.75, 3.05) is 4.90 Å². The summed E-state index contributed by atoms with van der Waals surface area (Å²) in [5.41, 5.74) is 15.9. The molecular formula is C57H41N. The van der Waals surface area contributed by atoms with Crippen molar-refractivity contribution < 1.29 is 0 Å². The van der Waals surface area contributed by atoms with Crippen molar-refractivity contribution in [2.24, 2.45) is 0 Å². The van der Waals surface area contributed by atoms with Gasteiger partial charge in [0, 0.05) is 22.5 Å². The van der Waals surface area contributed by atoms with Gasteiger partial charge in [0.1, 0.15) is 0 Å². The zero-order chi connectivity index (χ0) is 38.8. The zero-order valence-electron chi connectivity index (χ0n) is 32.7. The van der Waals surface area contributed by atoms with Crippen molar-refractivity contribution in [1.29, 1.82) is 0 Å². The number of nitrogens with zero attached hydrogens (tertiary/aromatic N) is 1. The van der Waals surface area contributed by atoms with Crippen LogP contribution >= 0.6 is 0 Å². The first-order valence-corrected chi connectivity index (χ1v) is 20.3. The van der Waals surface area contributed by atoms with E-state index in [1.165, 1.54) is 88.0 Å². The number of benzene rings is 10. The van der Waals surface area contributed by atoms with Gasteiger partial charge in [-0.2, -0.15) is 0 Å². The summed E-state index contributed by atoms with van der Waals surface area (Å²) in [6.07, 6.45) is 0. The summed E-state index contributed by atoms with van der Waals surface area (Å²) in [6, 6.07) is 78.2. The molecule has 1 aliphatic rings. The number of rotatable bonds is 6. The number of anilines is 3. The Balaban J connectivity index is 1.05. The van der Waals surface area contributed by atoms with Gasteiger partial charge in [0.25, 0.3) is 0 Å². The van der Waals surface area contributed by atoms with Crippen LogP contribution in [-0.2, 0) is 5.41 Å². The van der Waals surface area contributed by atoms with Crippen LogP contribution in [0.15, 0.2) is 212 Å². The molecule has 0 radical (unpaired) electrons. The van der Waals surface area contributed by atoms with E-state index in [4.69, 9.17) is 0 Å². The van der Waals surface area contributed by atoms with Crippen LogP contribution in [0.25, 0.3) is 76.8 Å². The van der Waals surface area contributed by atoms with E-state index >= 15 is 0 Å². The molecule has 10 aromatic carbocycles. The fourth-order valence-electron chi connectivity index (χ4n) is 9.53. The molecule has 0 aromatic heterocycles. The molecule has 0 fully saturated rings. The van der Waals surface area contributed by atoms with E-state index in [1.54, 1.807) is 0 Å². The molecule has 0 aliphatic heterocycles. The van der Waals surface area contributed by atoms with Gasteiger partial charge in [0.15, 0.2) is 0 Å². The summed E-state index contributed by atoms with van der Waals surface area (Å²) >= 11 is 0. The van der Waals surface area contributed by atoms with Crippen molar-refractivity contribution in [3.8, 4) is 44.5 Å². The topological polar surface area (TPSA) is 3.24 Å². The van der Waals surface area contributed by atoms with Crippen LogP contribution in [0, 0.1) is 0 Å². The predicted molar refractivity (Wildman–Crippen MR) is 248 cm³/mol. The van der Waals surface area contributed by atoms with Gasteiger partial charge in [-0.1, -0.05) is 178 Å². The lowest BCUT2D eigenvalue weighted by Crippen LogP contribution is -2.16. The fraction of sp³-hybridized carbons (Fsp3) is 0.0526. The van der Waals surface area contributed by atoms with E-state index in [2.05, 4.69) is 231 Å². The maximum atomic E-state index is 2.43. The van der Waals surface area contributed by atoms with Crippen LogP contribution in [0.5, 0.6) is 0 Å². The summed E-state index contributed by atoms with van der Waals surface area (Å²) in [5.74, 6) is 0. The monoisotopic (exact) mass is 739 g/mol. The predicted octanol–water partition coefficient (Wildman–Crippen LogP) is 15.9. The van der Waals surface area contributed by atoms with Crippen molar-refractivity contribution >= 4 is 49.4 Å². The van der Waals surface area contributed by atoms with Gasteiger partial charge in [-0.05, 0) is 136 Å². The van der Waals surface area contributed by atoms with Crippen molar-refractivity contribution in [1.82, 2.24) is 0 Å². The smallest absolute Gasteiger partial charge is 0.0467 e. The summed E-state index contributed by atoms with van der Waals surface area (Å²) < 4.78 is 0. The standard InChI is InChI=1S/C57H41N/c1-57(2)55-27-10-9-25-52(55)53-33-32-46(37-56(53)57)58(44-30-28-39(29-31-44)54-36-43-15-4-6-22-49(43)50-23-7-8-24-51(50)54)45-20-12-18-41(35-45)40-17-11-19-42(34-40)48-26-13-16-38-14-3-5-21-47(38)48/h3-37H,1-2H3. The number of hydrogen-bond acceptors (Lipinski definition) is 1. The van der Waals surface area contributed by atoms with Gasteiger partial charge in [0.2, 0.25) is 0 Å². The van der Waals surface area contributed by atoms with E-state index in [0.29, 0.717) is 0 Å². The number of hydrogen-bond donors (Lipinski definition) is 0. The Hall–Kier alpha value is -7.22. The lowest BCUT2D eigenvalue weighted by molar-refractivity contribution is 0.660. The van der Waals surface area contributed by atoms with E-state index in [-0.39, 0.29) is 5.41 Å². The molecule has 0 atom stereocenters. The molecule has 1 aliphatic carbocycles. The van der Waals surface area contributed by atoms with Crippen LogP contribution in [0.1, 0.15) is 25.0 Å². The molecule has 1 heteroatoms. The minimum atomic E-state index is -0.113. The SMILES string of the molecule is CC1(C)c2ccccc2-c2ccc(N(c3ccc(-c4cc5ccccc5c5ccccc45)cc3)c3cccc(-c4cccc(-c5cccc6ccccc56)c4)c3)cc21. The first kappa shape index (κ1) is 34.1. The lowest BCUT2D eigenvalue weighted by atomic mass is 9.82. The highest BCUT2D eigenvalue weighted by Gasteiger charge is 2.35. The molecule has 58 heavy (non-hydrogen) atoms. The van der Waals surface area contributed by atoms with Gasteiger partial charge in [0.05, 0.1) is 0 Å². The third-order valence-corrected chi connectivity index (χ3v) is 12.4. The highest BCUT2D eigenvalue weighted by atomic mass is 15.1. The highest BCUT2D eigenvalue weighted by Crippen LogP contribution is 2.51. The minimum absolute atomic E-state index is 0.113. The van der Waals surface area contributed by atoms with E-state index in [9.17, 15) is 0 Å². The Bertz CT molecular complexity index is 3200. The average Bonchev–Trinajstić information content (AvgIpc) is 3.51. The Kier molecular flexibility index (Phi) is 7.91. The maximum absolute atomic E-state index is 2.43. The third-order valence-electron chi connectivity index (χ3n) is 12.4. The van der Waals surface area contributed by atoms with Gasteiger partial charge in [-0.15, -0.1) is 0 Å². The Labute approximate surface area is 340 Å². The third kappa shape index (κ3) is 5.54. The largest absolute Gasteiger partial charge is 0.310 e. The molecule has 11 rings (SSSR count). The average molecular weight is 740 g/mol. The first-order valence-electron chi connectivity index (χ1n) is 20.3.